The molecule has 1 aromatic carbocycles. The third kappa shape index (κ3) is 4.16. The minimum absolute atomic E-state index is 0.0754. The van der Waals surface area contributed by atoms with Crippen molar-refractivity contribution in [1.29, 1.82) is 0 Å². The molecule has 0 saturated heterocycles. The molecular formula is C19H19FN4O. The van der Waals surface area contributed by atoms with Crippen molar-refractivity contribution in [2.75, 3.05) is 0 Å². The number of aromatic nitrogens is 3. The molecule has 2 aromatic heterocycles. The van der Waals surface area contributed by atoms with E-state index in [1.807, 2.05) is 18.2 Å². The van der Waals surface area contributed by atoms with Gasteiger partial charge in [0.2, 0.25) is 0 Å². The fourth-order valence-electron chi connectivity index (χ4n) is 2.63. The molecule has 25 heavy (non-hydrogen) atoms. The number of nitrogens with two attached hydrogens (primary N) is 1. The maximum atomic E-state index is 12.9. The second-order valence-corrected chi connectivity index (χ2v) is 5.96. The summed E-state index contributed by atoms with van der Waals surface area (Å²) in [6, 6.07) is 11.0. The van der Waals surface area contributed by atoms with E-state index < -0.39 is 6.04 Å². The first-order chi connectivity index (χ1) is 12.0. The number of hydrogen-bond acceptors (Lipinski definition) is 4. The molecular weight excluding hydrogens is 319 g/mol. The van der Waals surface area contributed by atoms with Crippen LogP contribution in [0, 0.1) is 5.82 Å². The number of hydrogen-bond donors (Lipinski definition) is 1. The molecule has 5 nitrogen and oxygen atoms in total. The number of benzene rings is 1. The van der Waals surface area contributed by atoms with E-state index in [1.165, 1.54) is 12.1 Å². The molecule has 0 aliphatic heterocycles. The maximum absolute atomic E-state index is 12.9. The Kier molecular flexibility index (Phi) is 5.00. The molecule has 6 heteroatoms. The Morgan fingerprint density at radius 2 is 1.88 bits per heavy atom. The van der Waals surface area contributed by atoms with Gasteiger partial charge >= 0.3 is 0 Å². The molecule has 3 rings (SSSR count). The van der Waals surface area contributed by atoms with Gasteiger partial charge in [0.15, 0.2) is 5.78 Å². The van der Waals surface area contributed by atoms with Crippen molar-refractivity contribution in [1.82, 2.24) is 14.8 Å². The average Bonchev–Trinajstić information content (AvgIpc) is 2.98. The number of carbonyl (C=O) groups is 1. The van der Waals surface area contributed by atoms with E-state index in [4.69, 9.17) is 5.73 Å². The van der Waals surface area contributed by atoms with Gasteiger partial charge in [0, 0.05) is 30.7 Å². The van der Waals surface area contributed by atoms with Gasteiger partial charge in [-0.05, 0) is 42.3 Å². The fraction of sp³-hybridized carbons (Fsp3) is 0.211. The zero-order valence-corrected chi connectivity index (χ0v) is 13.9. The summed E-state index contributed by atoms with van der Waals surface area (Å²) in [6.45, 7) is 0. The van der Waals surface area contributed by atoms with Gasteiger partial charge < -0.3 is 5.73 Å². The van der Waals surface area contributed by atoms with Crippen molar-refractivity contribution in [3.05, 3.63) is 71.9 Å². The van der Waals surface area contributed by atoms with Crippen molar-refractivity contribution in [2.24, 2.45) is 12.8 Å². The minimum Gasteiger partial charge on any atom is -0.321 e. The monoisotopic (exact) mass is 338 g/mol. The van der Waals surface area contributed by atoms with Crippen LogP contribution < -0.4 is 5.73 Å². The van der Waals surface area contributed by atoms with Crippen LogP contribution in [0.5, 0.6) is 0 Å². The number of pyridine rings is 1. The molecule has 0 spiro atoms. The number of nitrogens with zero attached hydrogens (tertiary/aromatic N) is 3. The third-order valence-electron chi connectivity index (χ3n) is 4.09. The highest BCUT2D eigenvalue weighted by Crippen LogP contribution is 2.18. The Morgan fingerprint density at radius 1 is 1.20 bits per heavy atom. The van der Waals surface area contributed by atoms with E-state index in [2.05, 4.69) is 10.1 Å². The van der Waals surface area contributed by atoms with Crippen LogP contribution in [0.15, 0.2) is 54.9 Å². The van der Waals surface area contributed by atoms with Crippen molar-refractivity contribution < 1.29 is 9.18 Å². The lowest BCUT2D eigenvalue weighted by molar-refractivity contribution is -0.119. The van der Waals surface area contributed by atoms with E-state index in [-0.39, 0.29) is 18.0 Å². The summed E-state index contributed by atoms with van der Waals surface area (Å²) < 4.78 is 14.6. The number of carbonyl (C=O) groups excluding carboxylic acids is 1. The molecule has 2 N–H and O–H groups in total. The molecule has 0 aliphatic rings. The van der Waals surface area contributed by atoms with Crippen molar-refractivity contribution in [2.45, 2.75) is 18.9 Å². The average molecular weight is 338 g/mol. The summed E-state index contributed by atoms with van der Waals surface area (Å²) in [5.74, 6) is -0.379. The van der Waals surface area contributed by atoms with E-state index in [1.54, 1.807) is 36.3 Å². The molecule has 0 amide bonds. The predicted molar refractivity (Wildman–Crippen MR) is 93.2 cm³/mol. The van der Waals surface area contributed by atoms with Crippen LogP contribution in [0.3, 0.4) is 0 Å². The van der Waals surface area contributed by atoms with Crippen molar-refractivity contribution in [3.8, 4) is 11.3 Å². The van der Waals surface area contributed by atoms with E-state index in [0.717, 1.165) is 22.5 Å². The normalized spacial score (nSPS) is 12.1. The van der Waals surface area contributed by atoms with Gasteiger partial charge in [0.05, 0.1) is 18.2 Å². The number of halogens is 1. The first kappa shape index (κ1) is 17.0. The van der Waals surface area contributed by atoms with Gasteiger partial charge in [-0.2, -0.15) is 5.10 Å². The standard InChI is InChI=1S/C19H19FN4O/c1-24-16(11-18(23-24)14-6-8-22-9-7-14)12-19(25)17(21)10-13-2-4-15(20)5-3-13/h2-9,11,17H,10,12,21H2,1H3/t17-/m0/s1. The lowest BCUT2D eigenvalue weighted by Crippen LogP contribution is -2.34. The largest absolute Gasteiger partial charge is 0.321 e. The molecule has 0 unspecified atom stereocenters. The van der Waals surface area contributed by atoms with Gasteiger partial charge in [-0.3, -0.25) is 14.5 Å². The third-order valence-corrected chi connectivity index (χ3v) is 4.09. The molecule has 3 aromatic rings. The van der Waals surface area contributed by atoms with Crippen LogP contribution in [0.4, 0.5) is 4.39 Å². The smallest absolute Gasteiger partial charge is 0.155 e. The molecule has 128 valence electrons. The minimum atomic E-state index is -0.635. The maximum Gasteiger partial charge on any atom is 0.155 e. The zero-order chi connectivity index (χ0) is 17.8. The second kappa shape index (κ2) is 7.36. The highest BCUT2D eigenvalue weighted by Gasteiger charge is 2.17. The Hall–Kier alpha value is -2.86. The van der Waals surface area contributed by atoms with Crippen LogP contribution in [0.2, 0.25) is 0 Å². The highest BCUT2D eigenvalue weighted by molar-refractivity contribution is 5.86. The van der Waals surface area contributed by atoms with Crippen LogP contribution >= 0.6 is 0 Å². The molecule has 0 saturated carbocycles. The van der Waals surface area contributed by atoms with Gasteiger partial charge in [-0.1, -0.05) is 12.1 Å². The topological polar surface area (TPSA) is 73.8 Å². The molecule has 1 atom stereocenters. The zero-order valence-electron chi connectivity index (χ0n) is 13.9. The van der Waals surface area contributed by atoms with E-state index in [9.17, 15) is 9.18 Å². The van der Waals surface area contributed by atoms with Crippen LogP contribution in [-0.4, -0.2) is 26.6 Å². The number of ketones is 1. The highest BCUT2D eigenvalue weighted by atomic mass is 19.1. The van der Waals surface area contributed by atoms with Crippen molar-refractivity contribution in [3.63, 3.8) is 0 Å². The van der Waals surface area contributed by atoms with Gasteiger partial charge in [-0.25, -0.2) is 4.39 Å². The summed E-state index contributed by atoms with van der Waals surface area (Å²) in [5.41, 5.74) is 9.39. The second-order valence-electron chi connectivity index (χ2n) is 5.96. The Morgan fingerprint density at radius 3 is 2.56 bits per heavy atom. The lowest BCUT2D eigenvalue weighted by Gasteiger charge is -2.10. The molecule has 0 fully saturated rings. The summed E-state index contributed by atoms with van der Waals surface area (Å²) >= 11 is 0. The van der Waals surface area contributed by atoms with Gasteiger partial charge in [0.1, 0.15) is 5.82 Å². The summed E-state index contributed by atoms with van der Waals surface area (Å²) in [6.07, 6.45) is 3.99. The molecule has 0 bridgehead atoms. The Bertz CT molecular complexity index is 859. The Labute approximate surface area is 145 Å². The Balaban J connectivity index is 1.68. The number of aryl methyl sites for hydroxylation is 1. The van der Waals surface area contributed by atoms with Gasteiger partial charge in [-0.15, -0.1) is 0 Å². The summed E-state index contributed by atoms with van der Waals surface area (Å²) in [7, 11) is 1.80. The SMILES string of the molecule is Cn1nc(-c2ccncc2)cc1CC(=O)[C@@H](N)Cc1ccc(F)cc1. The van der Waals surface area contributed by atoms with Crippen LogP contribution in [0.25, 0.3) is 11.3 Å². The van der Waals surface area contributed by atoms with Crippen LogP contribution in [0.1, 0.15) is 11.3 Å². The lowest BCUT2D eigenvalue weighted by atomic mass is 10.00. The predicted octanol–water partition coefficient (Wildman–Crippen LogP) is 2.30. The number of Topliss-reactive ketones (excluding diaryl/α,β-unsaturated/α-hetero) is 1. The van der Waals surface area contributed by atoms with E-state index >= 15 is 0 Å². The quantitative estimate of drug-likeness (QED) is 0.748. The summed E-state index contributed by atoms with van der Waals surface area (Å²) in [5, 5.41) is 4.44. The fourth-order valence-corrected chi connectivity index (χ4v) is 2.63. The molecule has 2 heterocycles. The first-order valence-corrected chi connectivity index (χ1v) is 7.99. The van der Waals surface area contributed by atoms with E-state index in [0.29, 0.717) is 6.42 Å². The van der Waals surface area contributed by atoms with Gasteiger partial charge in [0.25, 0.3) is 0 Å². The first-order valence-electron chi connectivity index (χ1n) is 7.99. The summed E-state index contributed by atoms with van der Waals surface area (Å²) in [4.78, 5) is 16.4. The van der Waals surface area contributed by atoms with Crippen LogP contribution in [-0.2, 0) is 24.7 Å². The molecule has 0 radical (unpaired) electrons. The number of rotatable bonds is 6. The van der Waals surface area contributed by atoms with Crippen molar-refractivity contribution >= 4 is 5.78 Å². The molecule has 0 aliphatic carbocycles.